The summed E-state index contributed by atoms with van der Waals surface area (Å²) in [6.45, 7) is 6.88. The van der Waals surface area contributed by atoms with Crippen molar-refractivity contribution < 1.29 is 0 Å². The van der Waals surface area contributed by atoms with Crippen molar-refractivity contribution in [2.24, 2.45) is 23.2 Å². The third-order valence-corrected chi connectivity index (χ3v) is 5.26. The topological polar surface area (TPSA) is 12.0 Å². The fraction of sp³-hybridized carbons (Fsp3) is 0.667. The van der Waals surface area contributed by atoms with Gasteiger partial charge in [-0.1, -0.05) is 37.6 Å². The first kappa shape index (κ1) is 14.4. The van der Waals surface area contributed by atoms with Gasteiger partial charge in [-0.3, -0.25) is 0 Å². The molecule has 2 saturated carbocycles. The van der Waals surface area contributed by atoms with E-state index in [1.807, 2.05) is 12.1 Å². The molecular formula is C18H26ClN. The number of halogens is 1. The van der Waals surface area contributed by atoms with Crippen LogP contribution >= 0.6 is 11.6 Å². The molecule has 0 radical (unpaired) electrons. The SMILES string of the molecule is CC(C)CNCC1(Cc2ccc(Cl)cc2)CC2CC2C1. The van der Waals surface area contributed by atoms with Crippen molar-refractivity contribution in [1.29, 1.82) is 0 Å². The maximum absolute atomic E-state index is 6.00. The first-order valence-corrected chi connectivity index (χ1v) is 8.39. The number of hydrogen-bond acceptors (Lipinski definition) is 1. The third-order valence-electron chi connectivity index (χ3n) is 5.00. The molecule has 2 atom stereocenters. The minimum atomic E-state index is 0.496. The second kappa shape index (κ2) is 5.69. The molecule has 2 fully saturated rings. The van der Waals surface area contributed by atoms with Gasteiger partial charge in [-0.2, -0.15) is 0 Å². The van der Waals surface area contributed by atoms with Gasteiger partial charge in [0.25, 0.3) is 0 Å². The van der Waals surface area contributed by atoms with E-state index in [0.29, 0.717) is 5.41 Å². The normalized spacial score (nSPS) is 31.6. The molecule has 0 amide bonds. The van der Waals surface area contributed by atoms with Crippen LogP contribution in [0.2, 0.25) is 5.02 Å². The zero-order chi connectivity index (χ0) is 14.2. The Kier molecular flexibility index (Phi) is 4.10. The fourth-order valence-electron chi connectivity index (χ4n) is 4.02. The zero-order valence-electron chi connectivity index (χ0n) is 12.7. The van der Waals surface area contributed by atoms with Crippen LogP contribution in [0.15, 0.2) is 24.3 Å². The van der Waals surface area contributed by atoms with Crippen molar-refractivity contribution in [2.45, 2.75) is 39.5 Å². The number of fused-ring (bicyclic) bond motifs is 1. The van der Waals surface area contributed by atoms with Gasteiger partial charge < -0.3 is 5.32 Å². The van der Waals surface area contributed by atoms with Gasteiger partial charge >= 0.3 is 0 Å². The van der Waals surface area contributed by atoms with Gasteiger partial charge in [-0.05, 0) is 73.1 Å². The highest BCUT2D eigenvalue weighted by Crippen LogP contribution is 2.60. The molecule has 0 heterocycles. The van der Waals surface area contributed by atoms with Gasteiger partial charge in [0, 0.05) is 11.6 Å². The average Bonchev–Trinajstić information content (AvgIpc) is 3.00. The van der Waals surface area contributed by atoms with Gasteiger partial charge in [0.15, 0.2) is 0 Å². The quantitative estimate of drug-likeness (QED) is 0.811. The first-order chi connectivity index (χ1) is 9.56. The molecular weight excluding hydrogens is 266 g/mol. The first-order valence-electron chi connectivity index (χ1n) is 8.01. The number of nitrogens with one attached hydrogen (secondary N) is 1. The van der Waals surface area contributed by atoms with Crippen molar-refractivity contribution in [3.63, 3.8) is 0 Å². The fourth-order valence-corrected chi connectivity index (χ4v) is 4.14. The highest BCUT2D eigenvalue weighted by Gasteiger charge is 2.53. The maximum atomic E-state index is 6.00. The Morgan fingerprint density at radius 1 is 1.20 bits per heavy atom. The Hall–Kier alpha value is -0.530. The van der Waals surface area contributed by atoms with E-state index in [0.717, 1.165) is 29.3 Å². The third kappa shape index (κ3) is 3.38. The van der Waals surface area contributed by atoms with Crippen molar-refractivity contribution >= 4 is 11.6 Å². The molecule has 1 nitrogen and oxygen atoms in total. The van der Waals surface area contributed by atoms with Crippen LogP contribution in [0.1, 0.15) is 38.7 Å². The molecule has 1 aromatic rings. The lowest BCUT2D eigenvalue weighted by atomic mass is 9.77. The summed E-state index contributed by atoms with van der Waals surface area (Å²) >= 11 is 6.00. The van der Waals surface area contributed by atoms with Crippen LogP contribution in [0, 0.1) is 23.2 Å². The van der Waals surface area contributed by atoms with Gasteiger partial charge in [0.05, 0.1) is 0 Å². The monoisotopic (exact) mass is 291 g/mol. The Labute approximate surface area is 128 Å². The lowest BCUT2D eigenvalue weighted by molar-refractivity contribution is 0.245. The molecule has 1 N–H and O–H groups in total. The molecule has 110 valence electrons. The van der Waals surface area contributed by atoms with Crippen LogP contribution in [0.5, 0.6) is 0 Å². The minimum absolute atomic E-state index is 0.496. The molecule has 2 aliphatic rings. The zero-order valence-corrected chi connectivity index (χ0v) is 13.4. The number of rotatable bonds is 6. The number of benzene rings is 1. The Morgan fingerprint density at radius 2 is 1.85 bits per heavy atom. The molecule has 0 aliphatic heterocycles. The van der Waals surface area contributed by atoms with Crippen LogP contribution in [-0.4, -0.2) is 13.1 Å². The molecule has 0 bridgehead atoms. The van der Waals surface area contributed by atoms with Crippen LogP contribution in [0.3, 0.4) is 0 Å². The van der Waals surface area contributed by atoms with Crippen LogP contribution < -0.4 is 5.32 Å². The molecule has 1 aromatic carbocycles. The van der Waals surface area contributed by atoms with Crippen molar-refractivity contribution in [3.05, 3.63) is 34.9 Å². The molecule has 0 saturated heterocycles. The van der Waals surface area contributed by atoms with E-state index in [4.69, 9.17) is 11.6 Å². The summed E-state index contributed by atoms with van der Waals surface area (Å²) in [6.07, 6.45) is 5.55. The standard InChI is InChI=1S/C18H26ClN/c1-13(2)11-20-12-18(9-15-7-16(15)10-18)8-14-3-5-17(19)6-4-14/h3-6,13,15-16,20H,7-12H2,1-2H3. The summed E-state index contributed by atoms with van der Waals surface area (Å²) in [5.41, 5.74) is 1.94. The van der Waals surface area contributed by atoms with Crippen molar-refractivity contribution in [1.82, 2.24) is 5.32 Å². The summed E-state index contributed by atoms with van der Waals surface area (Å²) in [5.74, 6) is 2.80. The highest BCUT2D eigenvalue weighted by molar-refractivity contribution is 6.30. The molecule has 2 unspecified atom stereocenters. The summed E-state index contributed by atoms with van der Waals surface area (Å²) in [7, 11) is 0. The average molecular weight is 292 g/mol. The summed E-state index contributed by atoms with van der Waals surface area (Å²) in [5, 5.41) is 4.56. The van der Waals surface area contributed by atoms with E-state index in [-0.39, 0.29) is 0 Å². The Morgan fingerprint density at radius 3 is 2.45 bits per heavy atom. The predicted molar refractivity (Wildman–Crippen MR) is 86.1 cm³/mol. The Bertz CT molecular complexity index is 441. The van der Waals surface area contributed by atoms with E-state index < -0.39 is 0 Å². The van der Waals surface area contributed by atoms with Gasteiger partial charge in [-0.25, -0.2) is 0 Å². The van der Waals surface area contributed by atoms with E-state index in [2.05, 4.69) is 31.3 Å². The Balaban J connectivity index is 1.65. The van der Waals surface area contributed by atoms with Crippen molar-refractivity contribution in [2.75, 3.05) is 13.1 Å². The maximum Gasteiger partial charge on any atom is 0.0406 e. The second-order valence-corrected chi connectivity index (χ2v) is 7.93. The predicted octanol–water partition coefficient (Wildman–Crippen LogP) is 4.54. The summed E-state index contributed by atoms with van der Waals surface area (Å²) in [4.78, 5) is 0. The molecule has 2 aliphatic carbocycles. The van der Waals surface area contributed by atoms with E-state index in [1.165, 1.54) is 37.8 Å². The molecule has 0 aromatic heterocycles. The van der Waals surface area contributed by atoms with Crippen LogP contribution in [-0.2, 0) is 6.42 Å². The van der Waals surface area contributed by atoms with Gasteiger partial charge in [0.1, 0.15) is 0 Å². The molecule has 3 rings (SSSR count). The molecule has 2 heteroatoms. The summed E-state index contributed by atoms with van der Waals surface area (Å²) < 4.78 is 0. The summed E-state index contributed by atoms with van der Waals surface area (Å²) in [6, 6.07) is 8.47. The van der Waals surface area contributed by atoms with E-state index in [1.54, 1.807) is 0 Å². The second-order valence-electron chi connectivity index (χ2n) is 7.49. The van der Waals surface area contributed by atoms with Gasteiger partial charge in [0.2, 0.25) is 0 Å². The smallest absolute Gasteiger partial charge is 0.0406 e. The van der Waals surface area contributed by atoms with E-state index >= 15 is 0 Å². The van der Waals surface area contributed by atoms with Crippen molar-refractivity contribution in [3.8, 4) is 0 Å². The lowest BCUT2D eigenvalue weighted by Gasteiger charge is -2.32. The van der Waals surface area contributed by atoms with Crippen LogP contribution in [0.25, 0.3) is 0 Å². The highest BCUT2D eigenvalue weighted by atomic mass is 35.5. The van der Waals surface area contributed by atoms with E-state index in [9.17, 15) is 0 Å². The van der Waals surface area contributed by atoms with Crippen LogP contribution in [0.4, 0.5) is 0 Å². The molecule has 20 heavy (non-hydrogen) atoms. The molecule has 0 spiro atoms. The largest absolute Gasteiger partial charge is 0.316 e. The lowest BCUT2D eigenvalue weighted by Crippen LogP contribution is -2.36. The number of hydrogen-bond donors (Lipinski definition) is 1. The van der Waals surface area contributed by atoms with Gasteiger partial charge in [-0.15, -0.1) is 0 Å². The minimum Gasteiger partial charge on any atom is -0.316 e.